The van der Waals surface area contributed by atoms with Crippen LogP contribution in [0.5, 0.6) is 0 Å². The molecular weight excluding hydrogens is 254 g/mol. The van der Waals surface area contributed by atoms with Crippen molar-refractivity contribution in [3.8, 4) is 0 Å². The topological polar surface area (TPSA) is 86.1 Å². The monoisotopic (exact) mass is 267 g/mol. The molecule has 1 aromatic rings. The summed E-state index contributed by atoms with van der Waals surface area (Å²) in [6.45, 7) is 1.91. The predicted molar refractivity (Wildman–Crippen MR) is 69.6 cm³/mol. The fourth-order valence-corrected chi connectivity index (χ4v) is 1.94. The highest BCUT2D eigenvalue weighted by Crippen LogP contribution is 2.29. The van der Waals surface area contributed by atoms with Gasteiger partial charge in [-0.1, -0.05) is 22.8 Å². The first-order valence-corrected chi connectivity index (χ1v) is 5.94. The van der Waals surface area contributed by atoms with Gasteiger partial charge in [-0.2, -0.15) is 0 Å². The number of benzene rings is 1. The van der Waals surface area contributed by atoms with Crippen molar-refractivity contribution in [2.45, 2.75) is 32.2 Å². The molecule has 1 unspecified atom stereocenters. The number of aryl methyl sites for hydroxylation is 1. The molecule has 0 heterocycles. The number of halogens is 1. The third kappa shape index (κ3) is 4.28. The first-order valence-electron chi connectivity index (χ1n) is 5.56. The molecule has 1 N–H and O–H groups in total. The number of hydrogen-bond acceptors (Lipinski definition) is 2. The van der Waals surface area contributed by atoms with E-state index in [1.807, 2.05) is 13.0 Å². The smallest absolute Gasteiger partial charge is 0.303 e. The van der Waals surface area contributed by atoms with Gasteiger partial charge in [0.25, 0.3) is 0 Å². The highest BCUT2D eigenvalue weighted by Gasteiger charge is 2.13. The summed E-state index contributed by atoms with van der Waals surface area (Å²) >= 11 is 5.92. The normalized spacial score (nSPS) is 11.7. The van der Waals surface area contributed by atoms with Gasteiger partial charge in [-0.15, -0.1) is 0 Å². The third-order valence-electron chi connectivity index (χ3n) is 2.66. The summed E-state index contributed by atoms with van der Waals surface area (Å²) in [6, 6.07) is 5.02. The molecule has 6 heteroatoms. The van der Waals surface area contributed by atoms with Crippen LogP contribution >= 0.6 is 11.6 Å². The van der Waals surface area contributed by atoms with Crippen LogP contribution in [0.1, 0.15) is 36.4 Å². The second-order valence-electron chi connectivity index (χ2n) is 4.01. The molecule has 0 aliphatic carbocycles. The van der Waals surface area contributed by atoms with Gasteiger partial charge in [0.15, 0.2) is 0 Å². The fourth-order valence-electron chi connectivity index (χ4n) is 1.75. The molecule has 0 saturated carbocycles. The van der Waals surface area contributed by atoms with Gasteiger partial charge in [0.2, 0.25) is 0 Å². The Bertz CT molecular complexity index is 484. The van der Waals surface area contributed by atoms with Crippen molar-refractivity contribution in [3.05, 3.63) is 44.8 Å². The van der Waals surface area contributed by atoms with E-state index in [0.717, 1.165) is 11.1 Å². The maximum Gasteiger partial charge on any atom is 0.303 e. The van der Waals surface area contributed by atoms with E-state index in [0.29, 0.717) is 17.9 Å². The molecule has 0 aliphatic heterocycles. The summed E-state index contributed by atoms with van der Waals surface area (Å²) < 4.78 is 0. The molecule has 18 heavy (non-hydrogen) atoms. The molecule has 1 atom stereocenters. The molecule has 0 radical (unpaired) electrons. The van der Waals surface area contributed by atoms with Gasteiger partial charge in [0.1, 0.15) is 0 Å². The van der Waals surface area contributed by atoms with Gasteiger partial charge in [-0.25, -0.2) is 0 Å². The molecule has 96 valence electrons. The van der Waals surface area contributed by atoms with Crippen LogP contribution in [0.3, 0.4) is 0 Å². The molecule has 0 spiro atoms. The Kier molecular flexibility index (Phi) is 5.49. The van der Waals surface area contributed by atoms with Gasteiger partial charge in [0.05, 0.1) is 6.04 Å². The highest BCUT2D eigenvalue weighted by molar-refractivity contribution is 6.30. The second-order valence-corrected chi connectivity index (χ2v) is 4.44. The van der Waals surface area contributed by atoms with Crippen molar-refractivity contribution in [3.63, 3.8) is 0 Å². The van der Waals surface area contributed by atoms with E-state index in [9.17, 15) is 4.79 Å². The summed E-state index contributed by atoms with van der Waals surface area (Å²) in [5.41, 5.74) is 10.4. The average Bonchev–Trinajstić information content (AvgIpc) is 2.31. The summed E-state index contributed by atoms with van der Waals surface area (Å²) in [5.74, 6) is -0.850. The Balaban J connectivity index is 2.86. The lowest BCUT2D eigenvalue weighted by Gasteiger charge is -2.14. The molecule has 0 fully saturated rings. The minimum Gasteiger partial charge on any atom is -0.481 e. The lowest BCUT2D eigenvalue weighted by atomic mass is 9.97. The van der Waals surface area contributed by atoms with Crippen molar-refractivity contribution in [2.75, 3.05) is 0 Å². The number of rotatable bonds is 6. The molecule has 0 saturated heterocycles. The minimum atomic E-state index is -0.850. The van der Waals surface area contributed by atoms with Crippen LogP contribution in [-0.4, -0.2) is 11.1 Å². The summed E-state index contributed by atoms with van der Waals surface area (Å²) in [5, 5.41) is 12.9. The van der Waals surface area contributed by atoms with Gasteiger partial charge in [-0.3, -0.25) is 4.79 Å². The average molecular weight is 268 g/mol. The zero-order chi connectivity index (χ0) is 13.5. The largest absolute Gasteiger partial charge is 0.481 e. The Labute approximate surface area is 110 Å². The predicted octanol–water partition coefficient (Wildman–Crippen LogP) is 4.25. The van der Waals surface area contributed by atoms with E-state index < -0.39 is 5.97 Å². The van der Waals surface area contributed by atoms with Crippen LogP contribution < -0.4 is 0 Å². The zero-order valence-corrected chi connectivity index (χ0v) is 10.8. The first kappa shape index (κ1) is 14.4. The Morgan fingerprint density at radius 3 is 2.94 bits per heavy atom. The molecule has 0 bridgehead atoms. The summed E-state index contributed by atoms with van der Waals surface area (Å²) in [6.07, 6.45) is 1.03. The zero-order valence-electron chi connectivity index (χ0n) is 10.0. The van der Waals surface area contributed by atoms with E-state index in [2.05, 4.69) is 10.0 Å². The van der Waals surface area contributed by atoms with Crippen molar-refractivity contribution >= 4 is 17.6 Å². The quantitative estimate of drug-likeness (QED) is 0.474. The number of nitrogens with zero attached hydrogens (tertiary/aromatic N) is 3. The number of hydrogen-bond donors (Lipinski definition) is 1. The first-order chi connectivity index (χ1) is 8.54. The van der Waals surface area contributed by atoms with Crippen LogP contribution in [0.2, 0.25) is 5.02 Å². The molecular formula is C12H14ClN3O2. The third-order valence-corrected chi connectivity index (χ3v) is 2.89. The molecule has 1 aromatic carbocycles. The van der Waals surface area contributed by atoms with Crippen molar-refractivity contribution in [2.24, 2.45) is 5.11 Å². The highest BCUT2D eigenvalue weighted by atomic mass is 35.5. The van der Waals surface area contributed by atoms with E-state index in [-0.39, 0.29) is 12.5 Å². The number of carbonyl (C=O) groups is 1. The van der Waals surface area contributed by atoms with Crippen LogP contribution in [0.4, 0.5) is 0 Å². The Morgan fingerprint density at radius 1 is 1.61 bits per heavy atom. The summed E-state index contributed by atoms with van der Waals surface area (Å²) in [7, 11) is 0. The molecule has 0 amide bonds. The van der Waals surface area contributed by atoms with Gasteiger partial charge < -0.3 is 5.11 Å². The molecule has 0 aromatic heterocycles. The van der Waals surface area contributed by atoms with Crippen LogP contribution in [-0.2, 0) is 4.79 Å². The van der Waals surface area contributed by atoms with E-state index in [1.165, 1.54) is 0 Å². The van der Waals surface area contributed by atoms with Crippen molar-refractivity contribution in [1.82, 2.24) is 0 Å². The molecule has 1 rings (SSSR count). The van der Waals surface area contributed by atoms with Gasteiger partial charge in [0, 0.05) is 16.4 Å². The lowest BCUT2D eigenvalue weighted by Crippen LogP contribution is -2.01. The van der Waals surface area contributed by atoms with Crippen LogP contribution in [0, 0.1) is 6.92 Å². The standard InChI is InChI=1S/C12H14ClN3O2/c1-8-5-6-9(13)7-10(8)11(15-16-14)3-2-4-12(17)18/h5-7,11H,2-4H2,1H3,(H,17,18). The maximum atomic E-state index is 10.5. The number of carboxylic acids is 1. The van der Waals surface area contributed by atoms with Crippen molar-refractivity contribution < 1.29 is 9.90 Å². The van der Waals surface area contributed by atoms with Gasteiger partial charge >= 0.3 is 5.97 Å². The van der Waals surface area contributed by atoms with E-state index in [4.69, 9.17) is 22.2 Å². The van der Waals surface area contributed by atoms with Crippen LogP contribution in [0.25, 0.3) is 10.4 Å². The minimum absolute atomic E-state index is 0.0665. The number of aliphatic carboxylic acids is 1. The Hall–Kier alpha value is -1.71. The van der Waals surface area contributed by atoms with E-state index in [1.54, 1.807) is 12.1 Å². The number of carboxylic acid groups (broad SMARTS) is 1. The fraction of sp³-hybridized carbons (Fsp3) is 0.417. The molecule has 5 nitrogen and oxygen atoms in total. The molecule has 0 aliphatic rings. The second kappa shape index (κ2) is 6.89. The van der Waals surface area contributed by atoms with Crippen LogP contribution in [0.15, 0.2) is 23.3 Å². The maximum absolute atomic E-state index is 10.5. The van der Waals surface area contributed by atoms with E-state index >= 15 is 0 Å². The Morgan fingerprint density at radius 2 is 2.33 bits per heavy atom. The SMILES string of the molecule is Cc1ccc(Cl)cc1C(CCCC(=O)O)N=[N+]=[N-]. The summed E-state index contributed by atoms with van der Waals surface area (Å²) in [4.78, 5) is 13.3. The lowest BCUT2D eigenvalue weighted by molar-refractivity contribution is -0.137. The van der Waals surface area contributed by atoms with Crippen molar-refractivity contribution in [1.29, 1.82) is 0 Å². The van der Waals surface area contributed by atoms with Gasteiger partial charge in [-0.05, 0) is 48.6 Å². The number of azide groups is 1.